The number of nitrogen functional groups attached to an aromatic ring is 1. The van der Waals surface area contributed by atoms with Gasteiger partial charge in [0.1, 0.15) is 17.6 Å². The van der Waals surface area contributed by atoms with Crippen LogP contribution < -0.4 is 16.4 Å². The van der Waals surface area contributed by atoms with E-state index in [0.717, 1.165) is 0 Å². The van der Waals surface area contributed by atoms with Gasteiger partial charge in [0, 0.05) is 6.42 Å². The summed E-state index contributed by atoms with van der Waals surface area (Å²) < 4.78 is 0. The van der Waals surface area contributed by atoms with Crippen molar-refractivity contribution in [1.82, 2.24) is 15.6 Å². The molecule has 1 unspecified atom stereocenters. The molecule has 3 amide bonds. The molecule has 0 saturated carbocycles. The molecule has 0 bridgehead atoms. The lowest BCUT2D eigenvalue weighted by Gasteiger charge is -2.21. The zero-order valence-corrected chi connectivity index (χ0v) is 10.5. The van der Waals surface area contributed by atoms with Crippen LogP contribution in [-0.4, -0.2) is 28.7 Å². The van der Waals surface area contributed by atoms with Crippen LogP contribution in [0.1, 0.15) is 23.3 Å². The van der Waals surface area contributed by atoms with Gasteiger partial charge in [0.05, 0.1) is 5.02 Å². The normalized spacial score (nSPS) is 18.9. The highest BCUT2D eigenvalue weighted by Crippen LogP contribution is 2.15. The Kier molecular flexibility index (Phi) is 3.66. The summed E-state index contributed by atoms with van der Waals surface area (Å²) in [5.41, 5.74) is 5.42. The van der Waals surface area contributed by atoms with E-state index in [1.807, 2.05) is 0 Å². The third-order valence-electron chi connectivity index (χ3n) is 2.63. The number of hydrogen-bond donors (Lipinski definition) is 3. The first-order valence-corrected chi connectivity index (χ1v) is 5.92. The fourth-order valence-electron chi connectivity index (χ4n) is 1.67. The van der Waals surface area contributed by atoms with Crippen LogP contribution in [0.5, 0.6) is 0 Å². The Labute approximate surface area is 113 Å². The molecule has 1 atom stereocenters. The molecule has 2 rings (SSSR count). The van der Waals surface area contributed by atoms with E-state index in [0.29, 0.717) is 0 Å². The zero-order valence-electron chi connectivity index (χ0n) is 9.77. The van der Waals surface area contributed by atoms with Crippen LogP contribution in [0.2, 0.25) is 5.02 Å². The minimum atomic E-state index is -0.774. The largest absolute Gasteiger partial charge is 0.384 e. The molecule has 7 nitrogen and oxygen atoms in total. The number of amides is 3. The molecule has 1 aliphatic rings. The number of anilines is 1. The molecule has 0 spiro atoms. The standard InChI is InChI=1S/C11H11ClN4O3/c12-5-1-3-7(13)15-9(5)11(19)14-6-2-4-8(17)16-10(6)18/h1,3,6H,2,4H2,(H2,13,15)(H,14,19)(H,16,17,18). The monoisotopic (exact) mass is 282 g/mol. The Morgan fingerprint density at radius 2 is 2.21 bits per heavy atom. The quantitative estimate of drug-likeness (QED) is 0.653. The molecule has 2 heterocycles. The van der Waals surface area contributed by atoms with Gasteiger partial charge in [0.2, 0.25) is 11.8 Å². The first-order valence-electron chi connectivity index (χ1n) is 5.54. The molecule has 1 aliphatic heterocycles. The zero-order chi connectivity index (χ0) is 14.0. The van der Waals surface area contributed by atoms with Crippen molar-refractivity contribution in [3.8, 4) is 0 Å². The van der Waals surface area contributed by atoms with Gasteiger partial charge in [-0.25, -0.2) is 4.98 Å². The fourth-order valence-corrected chi connectivity index (χ4v) is 1.87. The van der Waals surface area contributed by atoms with Gasteiger partial charge < -0.3 is 11.1 Å². The number of imide groups is 1. The van der Waals surface area contributed by atoms with Crippen molar-refractivity contribution >= 4 is 35.1 Å². The predicted octanol–water partition coefficient (Wildman–Crippen LogP) is -0.148. The van der Waals surface area contributed by atoms with Gasteiger partial charge in [0.25, 0.3) is 5.91 Å². The van der Waals surface area contributed by atoms with E-state index in [1.165, 1.54) is 12.1 Å². The summed E-state index contributed by atoms with van der Waals surface area (Å²) in [5, 5.41) is 4.75. The number of nitrogens with zero attached hydrogens (tertiary/aromatic N) is 1. The van der Waals surface area contributed by atoms with Crippen LogP contribution in [0, 0.1) is 0 Å². The highest BCUT2D eigenvalue weighted by molar-refractivity contribution is 6.33. The topological polar surface area (TPSA) is 114 Å². The summed E-state index contributed by atoms with van der Waals surface area (Å²) in [5.74, 6) is -1.34. The maximum Gasteiger partial charge on any atom is 0.272 e. The first kappa shape index (κ1) is 13.3. The van der Waals surface area contributed by atoms with E-state index < -0.39 is 17.9 Å². The number of halogens is 1. The molecule has 19 heavy (non-hydrogen) atoms. The van der Waals surface area contributed by atoms with E-state index in [9.17, 15) is 14.4 Å². The summed E-state index contributed by atoms with van der Waals surface area (Å²) >= 11 is 5.83. The molecule has 1 aromatic rings. The van der Waals surface area contributed by atoms with Gasteiger partial charge in [-0.2, -0.15) is 0 Å². The van der Waals surface area contributed by atoms with E-state index in [-0.39, 0.29) is 35.3 Å². The van der Waals surface area contributed by atoms with Crippen molar-refractivity contribution in [2.24, 2.45) is 0 Å². The van der Waals surface area contributed by atoms with Gasteiger partial charge in [0.15, 0.2) is 0 Å². The van der Waals surface area contributed by atoms with Crippen molar-refractivity contribution in [3.05, 3.63) is 22.8 Å². The summed E-state index contributed by atoms with van der Waals surface area (Å²) in [6, 6.07) is 2.14. The van der Waals surface area contributed by atoms with Gasteiger partial charge >= 0.3 is 0 Å². The summed E-state index contributed by atoms with van der Waals surface area (Å²) in [6.45, 7) is 0. The number of carbonyl (C=O) groups is 3. The van der Waals surface area contributed by atoms with E-state index >= 15 is 0 Å². The molecular formula is C11H11ClN4O3. The summed E-state index contributed by atoms with van der Waals surface area (Å²) in [7, 11) is 0. The molecule has 0 radical (unpaired) electrons. The van der Waals surface area contributed by atoms with Crippen molar-refractivity contribution in [1.29, 1.82) is 0 Å². The number of pyridine rings is 1. The highest BCUT2D eigenvalue weighted by Gasteiger charge is 2.28. The highest BCUT2D eigenvalue weighted by atomic mass is 35.5. The number of piperidine rings is 1. The van der Waals surface area contributed by atoms with Gasteiger partial charge in [-0.15, -0.1) is 0 Å². The Morgan fingerprint density at radius 1 is 1.47 bits per heavy atom. The number of aromatic nitrogens is 1. The Hall–Kier alpha value is -2.15. The Bertz CT molecular complexity index is 561. The van der Waals surface area contributed by atoms with Gasteiger partial charge in [-0.1, -0.05) is 11.6 Å². The summed E-state index contributed by atoms with van der Waals surface area (Å²) in [4.78, 5) is 38.2. The fraction of sp³-hybridized carbons (Fsp3) is 0.273. The number of hydrogen-bond acceptors (Lipinski definition) is 5. The second-order valence-electron chi connectivity index (χ2n) is 4.04. The number of nitrogens with two attached hydrogens (primary N) is 1. The molecule has 8 heteroatoms. The van der Waals surface area contributed by atoms with Crippen molar-refractivity contribution < 1.29 is 14.4 Å². The van der Waals surface area contributed by atoms with E-state index in [4.69, 9.17) is 17.3 Å². The van der Waals surface area contributed by atoms with Crippen molar-refractivity contribution in [2.45, 2.75) is 18.9 Å². The van der Waals surface area contributed by atoms with Crippen LogP contribution in [0.15, 0.2) is 12.1 Å². The van der Waals surface area contributed by atoms with Crippen LogP contribution >= 0.6 is 11.6 Å². The van der Waals surface area contributed by atoms with Crippen LogP contribution in [0.25, 0.3) is 0 Å². The molecular weight excluding hydrogens is 272 g/mol. The lowest BCUT2D eigenvalue weighted by molar-refractivity contribution is -0.134. The molecule has 4 N–H and O–H groups in total. The number of carbonyl (C=O) groups excluding carboxylic acids is 3. The molecule has 0 aromatic carbocycles. The van der Waals surface area contributed by atoms with Crippen LogP contribution in [0.4, 0.5) is 5.82 Å². The lowest BCUT2D eigenvalue weighted by Crippen LogP contribution is -2.52. The lowest BCUT2D eigenvalue weighted by atomic mass is 10.1. The number of nitrogens with one attached hydrogen (secondary N) is 2. The molecule has 1 fully saturated rings. The molecule has 0 aliphatic carbocycles. The predicted molar refractivity (Wildman–Crippen MR) is 67.3 cm³/mol. The molecule has 1 saturated heterocycles. The smallest absolute Gasteiger partial charge is 0.272 e. The molecule has 100 valence electrons. The Balaban J connectivity index is 2.11. The molecule has 1 aromatic heterocycles. The first-order chi connectivity index (χ1) is 8.97. The second-order valence-corrected chi connectivity index (χ2v) is 4.45. The van der Waals surface area contributed by atoms with Gasteiger partial charge in [-0.3, -0.25) is 19.7 Å². The second kappa shape index (κ2) is 5.23. The maximum atomic E-state index is 11.9. The average molecular weight is 283 g/mol. The summed E-state index contributed by atoms with van der Waals surface area (Å²) in [6.07, 6.45) is 0.422. The SMILES string of the molecule is Nc1ccc(Cl)c(C(=O)NC2CCC(=O)NC2=O)n1. The van der Waals surface area contributed by atoms with Crippen LogP contribution in [0.3, 0.4) is 0 Å². The minimum absolute atomic E-state index is 0.0497. The Morgan fingerprint density at radius 3 is 2.89 bits per heavy atom. The van der Waals surface area contributed by atoms with Crippen molar-refractivity contribution in [2.75, 3.05) is 5.73 Å². The van der Waals surface area contributed by atoms with E-state index in [2.05, 4.69) is 15.6 Å². The average Bonchev–Trinajstić information content (AvgIpc) is 2.35. The van der Waals surface area contributed by atoms with Gasteiger partial charge in [-0.05, 0) is 18.6 Å². The number of rotatable bonds is 2. The minimum Gasteiger partial charge on any atom is -0.384 e. The maximum absolute atomic E-state index is 11.9. The van der Waals surface area contributed by atoms with E-state index in [1.54, 1.807) is 0 Å². The van der Waals surface area contributed by atoms with Crippen LogP contribution in [-0.2, 0) is 9.59 Å². The van der Waals surface area contributed by atoms with Crippen molar-refractivity contribution in [3.63, 3.8) is 0 Å². The third kappa shape index (κ3) is 3.00. The third-order valence-corrected chi connectivity index (χ3v) is 2.93.